The van der Waals surface area contributed by atoms with Crippen LogP contribution >= 0.6 is 0 Å². The number of likely N-dealkylation sites (N-methyl/N-ethyl adjacent to an activating group) is 2. The molecule has 0 saturated carbocycles. The van der Waals surface area contributed by atoms with Gasteiger partial charge in [-0.2, -0.15) is 0 Å². The Morgan fingerprint density at radius 1 is 0.917 bits per heavy atom. The summed E-state index contributed by atoms with van der Waals surface area (Å²) < 4.78 is 0. The molecule has 0 unspecified atom stereocenters. The number of nitrogens with zero attached hydrogens (tertiary/aromatic N) is 2. The van der Waals surface area contributed by atoms with Gasteiger partial charge < -0.3 is 31.2 Å². The zero-order valence-electron chi connectivity index (χ0n) is 15.6. The summed E-state index contributed by atoms with van der Waals surface area (Å²) in [5.74, 6) is 0. The van der Waals surface area contributed by atoms with Gasteiger partial charge in [-0.1, -0.05) is 0 Å². The van der Waals surface area contributed by atoms with E-state index >= 15 is 0 Å². The highest BCUT2D eigenvalue weighted by Gasteiger charge is 2.02. The fourth-order valence-corrected chi connectivity index (χ4v) is 2.48. The number of hydrogen-bond acceptors (Lipinski definition) is 4. The Morgan fingerprint density at radius 2 is 1.50 bits per heavy atom. The van der Waals surface area contributed by atoms with Crippen LogP contribution in [0, 0.1) is 13.8 Å². The van der Waals surface area contributed by atoms with E-state index in [4.69, 9.17) is 11.5 Å². The van der Waals surface area contributed by atoms with Crippen molar-refractivity contribution in [3.05, 3.63) is 47.0 Å². The van der Waals surface area contributed by atoms with E-state index in [2.05, 4.69) is 53.8 Å². The molecule has 6 heteroatoms. The molecule has 0 aromatic carbocycles. The molecule has 2 heterocycles. The average Bonchev–Trinajstić information content (AvgIpc) is 3.10. The molecular weight excluding hydrogens is 300 g/mol. The van der Waals surface area contributed by atoms with Gasteiger partial charge >= 0.3 is 0 Å². The van der Waals surface area contributed by atoms with E-state index in [0.29, 0.717) is 0 Å². The molecule has 0 amide bonds. The SMILES string of the molecule is Cc1[nH]ccc1CN(C)CCN.Cc1c[nH]cc1CN(C)CCN. The highest BCUT2D eigenvalue weighted by Crippen LogP contribution is 2.08. The summed E-state index contributed by atoms with van der Waals surface area (Å²) in [5, 5.41) is 0. The van der Waals surface area contributed by atoms with E-state index in [9.17, 15) is 0 Å². The molecule has 6 nitrogen and oxygen atoms in total. The minimum atomic E-state index is 0.722. The zero-order chi connectivity index (χ0) is 17.9. The number of aryl methyl sites for hydroxylation is 2. The standard InChI is InChI=1S/2C9H17N3/c1-8-9(3-5-11-8)7-12(2)6-4-10;1-8-5-11-6-9(8)7-12(2)4-3-10/h3,5,11H,4,6-7,10H2,1-2H3;5-6,11H,3-4,7,10H2,1-2H3. The van der Waals surface area contributed by atoms with Crippen molar-refractivity contribution < 1.29 is 0 Å². The Bertz CT molecular complexity index is 509. The molecule has 6 N–H and O–H groups in total. The molecule has 0 radical (unpaired) electrons. The smallest absolute Gasteiger partial charge is 0.0248 e. The van der Waals surface area contributed by atoms with Gasteiger partial charge in [-0.25, -0.2) is 0 Å². The van der Waals surface area contributed by atoms with Crippen LogP contribution in [0.15, 0.2) is 24.7 Å². The lowest BCUT2D eigenvalue weighted by Crippen LogP contribution is -2.25. The van der Waals surface area contributed by atoms with Gasteiger partial charge in [-0.05, 0) is 50.7 Å². The minimum absolute atomic E-state index is 0.722. The molecular formula is C18H34N6. The number of aromatic amines is 2. The largest absolute Gasteiger partial charge is 0.367 e. The lowest BCUT2D eigenvalue weighted by Gasteiger charge is -2.14. The maximum absolute atomic E-state index is 5.45. The van der Waals surface area contributed by atoms with Gasteiger partial charge in [0.15, 0.2) is 0 Å². The summed E-state index contributed by atoms with van der Waals surface area (Å²) in [4.78, 5) is 10.7. The van der Waals surface area contributed by atoms with Gasteiger partial charge in [-0.15, -0.1) is 0 Å². The second kappa shape index (κ2) is 11.0. The van der Waals surface area contributed by atoms with Crippen LogP contribution in [-0.2, 0) is 13.1 Å². The molecule has 2 aromatic rings. The third kappa shape index (κ3) is 7.31. The number of nitrogens with one attached hydrogen (secondary N) is 2. The molecule has 0 aliphatic carbocycles. The van der Waals surface area contributed by atoms with E-state index in [0.717, 1.165) is 39.3 Å². The highest BCUT2D eigenvalue weighted by molar-refractivity contribution is 5.21. The van der Waals surface area contributed by atoms with E-state index in [1.54, 1.807) is 0 Å². The maximum Gasteiger partial charge on any atom is 0.0248 e. The van der Waals surface area contributed by atoms with Gasteiger partial charge in [0.1, 0.15) is 0 Å². The first-order chi connectivity index (χ1) is 11.5. The minimum Gasteiger partial charge on any atom is -0.367 e. The van der Waals surface area contributed by atoms with Crippen molar-refractivity contribution in [1.29, 1.82) is 0 Å². The van der Waals surface area contributed by atoms with Crippen LogP contribution in [0.2, 0.25) is 0 Å². The normalized spacial score (nSPS) is 11.0. The second-order valence-electron chi connectivity index (χ2n) is 6.34. The fourth-order valence-electron chi connectivity index (χ4n) is 2.48. The van der Waals surface area contributed by atoms with E-state index in [1.165, 1.54) is 22.4 Å². The van der Waals surface area contributed by atoms with Crippen molar-refractivity contribution in [2.75, 3.05) is 40.3 Å². The number of nitrogens with two attached hydrogens (primary N) is 2. The van der Waals surface area contributed by atoms with Crippen molar-refractivity contribution in [2.24, 2.45) is 11.5 Å². The summed E-state index contributed by atoms with van der Waals surface area (Å²) in [6.07, 6.45) is 6.04. The molecule has 24 heavy (non-hydrogen) atoms. The van der Waals surface area contributed by atoms with Crippen LogP contribution in [0.4, 0.5) is 0 Å². The predicted molar refractivity (Wildman–Crippen MR) is 102 cm³/mol. The molecule has 0 fully saturated rings. The third-order valence-electron chi connectivity index (χ3n) is 4.03. The van der Waals surface area contributed by atoms with E-state index in [-0.39, 0.29) is 0 Å². The monoisotopic (exact) mass is 334 g/mol. The highest BCUT2D eigenvalue weighted by atomic mass is 15.1. The predicted octanol–water partition coefficient (Wildman–Crippen LogP) is 1.43. The molecule has 2 rings (SSSR count). The van der Waals surface area contributed by atoms with Gasteiger partial charge in [-0.3, -0.25) is 0 Å². The molecule has 0 aliphatic rings. The van der Waals surface area contributed by atoms with Crippen molar-refractivity contribution in [1.82, 2.24) is 19.8 Å². The van der Waals surface area contributed by atoms with E-state index in [1.807, 2.05) is 18.6 Å². The molecule has 0 saturated heterocycles. The molecule has 0 bridgehead atoms. The Balaban J connectivity index is 0.000000240. The molecule has 2 aromatic heterocycles. The Morgan fingerprint density at radius 3 is 1.92 bits per heavy atom. The number of rotatable bonds is 8. The van der Waals surface area contributed by atoms with Gasteiger partial charge in [0.25, 0.3) is 0 Å². The molecule has 136 valence electrons. The van der Waals surface area contributed by atoms with Crippen LogP contribution in [0.3, 0.4) is 0 Å². The van der Waals surface area contributed by atoms with Crippen LogP contribution in [-0.4, -0.2) is 60.0 Å². The molecule has 0 atom stereocenters. The summed E-state index contributed by atoms with van der Waals surface area (Å²) in [7, 11) is 4.17. The van der Waals surface area contributed by atoms with Crippen LogP contribution in [0.1, 0.15) is 22.4 Å². The zero-order valence-corrected chi connectivity index (χ0v) is 15.6. The molecule has 0 spiro atoms. The second-order valence-corrected chi connectivity index (χ2v) is 6.34. The lowest BCUT2D eigenvalue weighted by atomic mass is 10.2. The third-order valence-corrected chi connectivity index (χ3v) is 4.03. The maximum atomic E-state index is 5.45. The van der Waals surface area contributed by atoms with Crippen LogP contribution in [0.5, 0.6) is 0 Å². The number of hydrogen-bond donors (Lipinski definition) is 4. The fraction of sp³-hybridized carbons (Fsp3) is 0.556. The quantitative estimate of drug-likeness (QED) is 0.588. The first-order valence-electron chi connectivity index (χ1n) is 8.50. The Labute approximate surface area is 146 Å². The van der Waals surface area contributed by atoms with Crippen LogP contribution in [0.25, 0.3) is 0 Å². The molecule has 0 aliphatic heterocycles. The first-order valence-corrected chi connectivity index (χ1v) is 8.50. The lowest BCUT2D eigenvalue weighted by molar-refractivity contribution is 0.336. The van der Waals surface area contributed by atoms with Gasteiger partial charge in [0.05, 0.1) is 0 Å². The van der Waals surface area contributed by atoms with Gasteiger partial charge in [0, 0.05) is 63.6 Å². The summed E-state index contributed by atoms with van der Waals surface area (Å²) in [6.45, 7) is 9.50. The van der Waals surface area contributed by atoms with Gasteiger partial charge in [0.2, 0.25) is 0 Å². The topological polar surface area (TPSA) is 90.1 Å². The van der Waals surface area contributed by atoms with Crippen molar-refractivity contribution >= 4 is 0 Å². The van der Waals surface area contributed by atoms with Crippen molar-refractivity contribution in [3.8, 4) is 0 Å². The summed E-state index contributed by atoms with van der Waals surface area (Å²) in [5.41, 5.74) is 16.2. The summed E-state index contributed by atoms with van der Waals surface area (Å²) >= 11 is 0. The van der Waals surface area contributed by atoms with Crippen molar-refractivity contribution in [3.63, 3.8) is 0 Å². The number of aromatic nitrogens is 2. The first kappa shape index (κ1) is 20.4. The Hall–Kier alpha value is -1.60. The van der Waals surface area contributed by atoms with E-state index < -0.39 is 0 Å². The number of H-pyrrole nitrogens is 2. The summed E-state index contributed by atoms with van der Waals surface area (Å²) in [6, 6.07) is 2.11. The van der Waals surface area contributed by atoms with Crippen molar-refractivity contribution in [2.45, 2.75) is 26.9 Å². The Kier molecular flexibility index (Phi) is 9.41. The van der Waals surface area contributed by atoms with Crippen LogP contribution < -0.4 is 11.5 Å². The average molecular weight is 335 g/mol.